The van der Waals surface area contributed by atoms with Gasteiger partial charge < -0.3 is 10.1 Å². The van der Waals surface area contributed by atoms with Crippen LogP contribution in [0.3, 0.4) is 0 Å². The van der Waals surface area contributed by atoms with Crippen LogP contribution in [0.1, 0.15) is 18.5 Å². The number of nitrogens with zero attached hydrogens (tertiary/aromatic N) is 1. The number of nitrogens with one attached hydrogen (secondary N) is 1. The largest absolute Gasteiger partial charge is 0.434 e. The van der Waals surface area contributed by atoms with Gasteiger partial charge in [0.2, 0.25) is 0 Å². The number of benzene rings is 1. The van der Waals surface area contributed by atoms with Gasteiger partial charge in [-0.05, 0) is 41.1 Å². The highest BCUT2D eigenvalue weighted by molar-refractivity contribution is 9.10. The van der Waals surface area contributed by atoms with Gasteiger partial charge in [0, 0.05) is 5.56 Å². The van der Waals surface area contributed by atoms with Crippen LogP contribution in [0.25, 0.3) is 0 Å². The molecule has 1 aromatic heterocycles. The Kier molecular flexibility index (Phi) is 4.89. The summed E-state index contributed by atoms with van der Waals surface area (Å²) in [6.45, 7) is -0.965. The van der Waals surface area contributed by atoms with Gasteiger partial charge in [0.1, 0.15) is 10.4 Å². The van der Waals surface area contributed by atoms with Crippen LogP contribution in [0, 0.1) is 0 Å². The third kappa shape index (κ3) is 3.90. The van der Waals surface area contributed by atoms with Gasteiger partial charge >= 0.3 is 6.61 Å². The van der Waals surface area contributed by atoms with E-state index in [-0.39, 0.29) is 11.8 Å². The first kappa shape index (κ1) is 14.7. The molecule has 1 aromatic carbocycles. The second-order valence-corrected chi connectivity index (χ2v) is 4.96. The number of anilines is 1. The molecule has 0 aliphatic heterocycles. The zero-order chi connectivity index (χ0) is 14.5. The van der Waals surface area contributed by atoms with Crippen molar-refractivity contribution < 1.29 is 13.5 Å². The quantitative estimate of drug-likeness (QED) is 0.805. The Morgan fingerprint density at radius 3 is 2.60 bits per heavy atom. The molecule has 3 nitrogen and oxygen atoms in total. The van der Waals surface area contributed by atoms with Gasteiger partial charge in [0.15, 0.2) is 0 Å². The highest BCUT2D eigenvalue weighted by Gasteiger charge is 2.14. The maximum atomic E-state index is 12.4. The average Bonchev–Trinajstić information content (AvgIpc) is 2.41. The van der Waals surface area contributed by atoms with Crippen LogP contribution in [0.5, 0.6) is 5.75 Å². The fraction of sp³-hybridized carbons (Fsp3) is 0.214. The first-order valence-corrected chi connectivity index (χ1v) is 6.77. The molecule has 6 heteroatoms. The third-order valence-electron chi connectivity index (χ3n) is 2.71. The molecular weight excluding hydrogens is 330 g/mol. The number of hydrogen-bond donors (Lipinski definition) is 1. The summed E-state index contributed by atoms with van der Waals surface area (Å²) in [5, 5.41) is 3.19. The minimum Gasteiger partial charge on any atom is -0.434 e. The van der Waals surface area contributed by atoms with Crippen molar-refractivity contribution in [1.82, 2.24) is 4.98 Å². The van der Waals surface area contributed by atoms with Crippen molar-refractivity contribution >= 4 is 21.6 Å². The Morgan fingerprint density at radius 2 is 1.95 bits per heavy atom. The van der Waals surface area contributed by atoms with Crippen LogP contribution in [-0.4, -0.2) is 11.6 Å². The van der Waals surface area contributed by atoms with E-state index in [1.54, 1.807) is 30.5 Å². The molecule has 0 saturated heterocycles. The van der Waals surface area contributed by atoms with Crippen molar-refractivity contribution in [1.29, 1.82) is 0 Å². The molecular formula is C14H13BrF2N2O. The molecule has 0 aliphatic carbocycles. The molecule has 0 radical (unpaired) electrons. The number of para-hydroxylation sites is 1. The van der Waals surface area contributed by atoms with Gasteiger partial charge in [-0.3, -0.25) is 0 Å². The lowest BCUT2D eigenvalue weighted by atomic mass is 10.1. The predicted molar refractivity (Wildman–Crippen MR) is 77.0 cm³/mol. The van der Waals surface area contributed by atoms with Crippen molar-refractivity contribution in [2.45, 2.75) is 19.6 Å². The number of aromatic nitrogens is 1. The number of pyridine rings is 1. The highest BCUT2D eigenvalue weighted by atomic mass is 79.9. The van der Waals surface area contributed by atoms with Gasteiger partial charge in [0.25, 0.3) is 0 Å². The van der Waals surface area contributed by atoms with Gasteiger partial charge in [-0.15, -0.1) is 0 Å². The highest BCUT2D eigenvalue weighted by Crippen LogP contribution is 2.28. The van der Waals surface area contributed by atoms with E-state index in [0.29, 0.717) is 5.56 Å². The van der Waals surface area contributed by atoms with Crippen LogP contribution >= 0.6 is 15.9 Å². The maximum Gasteiger partial charge on any atom is 0.387 e. The van der Waals surface area contributed by atoms with E-state index in [1.807, 2.05) is 13.0 Å². The molecule has 1 heterocycles. The number of alkyl halides is 2. The number of hydrogen-bond acceptors (Lipinski definition) is 3. The Bertz CT molecular complexity index is 563. The van der Waals surface area contributed by atoms with E-state index < -0.39 is 6.61 Å². The Labute approximate surface area is 124 Å². The fourth-order valence-corrected chi connectivity index (χ4v) is 2.07. The molecule has 2 rings (SSSR count). The standard InChI is InChI=1S/C14H13BrF2N2O/c1-9(19-10-6-7-13(15)18-8-10)11-4-2-3-5-12(11)20-14(16)17/h2-9,14,19H,1H3. The summed E-state index contributed by atoms with van der Waals surface area (Å²) in [7, 11) is 0. The van der Waals surface area contributed by atoms with Crippen molar-refractivity contribution in [3.8, 4) is 5.75 Å². The van der Waals surface area contributed by atoms with Crippen molar-refractivity contribution in [3.63, 3.8) is 0 Å². The van der Waals surface area contributed by atoms with Crippen molar-refractivity contribution in [2.24, 2.45) is 0 Å². The minimum absolute atomic E-state index is 0.174. The third-order valence-corrected chi connectivity index (χ3v) is 3.18. The summed E-state index contributed by atoms with van der Waals surface area (Å²) in [6.07, 6.45) is 1.66. The second-order valence-electron chi connectivity index (χ2n) is 4.15. The molecule has 1 N–H and O–H groups in total. The monoisotopic (exact) mass is 342 g/mol. The number of rotatable bonds is 5. The minimum atomic E-state index is -2.84. The van der Waals surface area contributed by atoms with Gasteiger partial charge in [-0.25, -0.2) is 4.98 Å². The molecule has 20 heavy (non-hydrogen) atoms. The summed E-state index contributed by atoms with van der Waals surface area (Å²) in [6, 6.07) is 10.2. The number of ether oxygens (including phenoxy) is 1. The Balaban J connectivity index is 2.16. The van der Waals surface area contributed by atoms with E-state index in [1.165, 1.54) is 6.07 Å². The lowest BCUT2D eigenvalue weighted by Gasteiger charge is -2.18. The van der Waals surface area contributed by atoms with Gasteiger partial charge in [-0.1, -0.05) is 18.2 Å². The molecule has 0 aliphatic rings. The lowest BCUT2D eigenvalue weighted by molar-refractivity contribution is -0.0505. The smallest absolute Gasteiger partial charge is 0.387 e. The summed E-state index contributed by atoms with van der Waals surface area (Å²) in [5.74, 6) is 0.174. The molecule has 0 spiro atoms. The summed E-state index contributed by atoms with van der Waals surface area (Å²) >= 11 is 3.25. The molecule has 0 saturated carbocycles. The zero-order valence-corrected chi connectivity index (χ0v) is 12.3. The predicted octanol–water partition coefficient (Wildman–Crippen LogP) is 4.62. The summed E-state index contributed by atoms with van der Waals surface area (Å²) < 4.78 is 30.0. The van der Waals surface area contributed by atoms with E-state index in [9.17, 15) is 8.78 Å². The maximum absolute atomic E-state index is 12.4. The molecule has 1 atom stereocenters. The first-order chi connectivity index (χ1) is 9.56. The van der Waals surface area contributed by atoms with E-state index in [0.717, 1.165) is 10.3 Å². The first-order valence-electron chi connectivity index (χ1n) is 5.98. The Morgan fingerprint density at radius 1 is 1.20 bits per heavy atom. The average molecular weight is 343 g/mol. The van der Waals surface area contributed by atoms with Gasteiger partial charge in [0.05, 0.1) is 17.9 Å². The summed E-state index contributed by atoms with van der Waals surface area (Å²) in [5.41, 5.74) is 1.46. The molecule has 0 bridgehead atoms. The molecule has 106 valence electrons. The molecule has 0 fully saturated rings. The molecule has 1 unspecified atom stereocenters. The van der Waals surface area contributed by atoms with Crippen LogP contribution in [0.15, 0.2) is 47.2 Å². The lowest BCUT2D eigenvalue weighted by Crippen LogP contribution is -2.11. The van der Waals surface area contributed by atoms with Crippen LogP contribution < -0.4 is 10.1 Å². The SMILES string of the molecule is CC(Nc1ccc(Br)nc1)c1ccccc1OC(F)F. The van der Waals surface area contributed by atoms with Gasteiger partial charge in [-0.2, -0.15) is 8.78 Å². The number of halogens is 3. The van der Waals surface area contributed by atoms with E-state index >= 15 is 0 Å². The molecule has 0 amide bonds. The molecule has 2 aromatic rings. The fourth-order valence-electron chi connectivity index (χ4n) is 1.83. The van der Waals surface area contributed by atoms with Crippen molar-refractivity contribution in [2.75, 3.05) is 5.32 Å². The summed E-state index contributed by atoms with van der Waals surface area (Å²) in [4.78, 5) is 4.10. The normalized spacial score (nSPS) is 12.2. The van der Waals surface area contributed by atoms with E-state index in [4.69, 9.17) is 0 Å². The van der Waals surface area contributed by atoms with E-state index in [2.05, 4.69) is 31.0 Å². The topological polar surface area (TPSA) is 34.2 Å². The Hall–Kier alpha value is -1.69. The van der Waals surface area contributed by atoms with Crippen LogP contribution in [0.4, 0.5) is 14.5 Å². The second kappa shape index (κ2) is 6.65. The van der Waals surface area contributed by atoms with Crippen LogP contribution in [0.2, 0.25) is 0 Å². The zero-order valence-electron chi connectivity index (χ0n) is 10.7. The van der Waals surface area contributed by atoms with Crippen LogP contribution in [-0.2, 0) is 0 Å². The van der Waals surface area contributed by atoms with Crippen molar-refractivity contribution in [3.05, 3.63) is 52.8 Å².